The molecule has 7 heteroatoms. The Bertz CT molecular complexity index is 1100. The van der Waals surface area contributed by atoms with Crippen LogP contribution in [-0.4, -0.2) is 25.9 Å². The van der Waals surface area contributed by atoms with E-state index in [4.69, 9.17) is 0 Å². The van der Waals surface area contributed by atoms with Gasteiger partial charge in [-0.1, -0.05) is 0 Å². The summed E-state index contributed by atoms with van der Waals surface area (Å²) >= 11 is 1.68. The summed E-state index contributed by atoms with van der Waals surface area (Å²) in [6, 6.07) is 5.99. The van der Waals surface area contributed by atoms with Crippen molar-refractivity contribution in [3.63, 3.8) is 0 Å². The molecule has 0 saturated carbocycles. The number of pyridine rings is 1. The molecular formula is C18H15N5OS. The fourth-order valence-corrected chi connectivity index (χ4v) is 4.76. The molecule has 5 rings (SSSR count). The molecule has 1 atom stereocenters. The molecule has 0 unspecified atom stereocenters. The molecular weight excluding hydrogens is 334 g/mol. The number of nitrogens with one attached hydrogen (secondary N) is 1. The Kier molecular flexibility index (Phi) is 3.27. The van der Waals surface area contributed by atoms with Crippen LogP contribution in [0.3, 0.4) is 0 Å². The average Bonchev–Trinajstić information content (AvgIpc) is 3.25. The molecule has 0 saturated heterocycles. The van der Waals surface area contributed by atoms with Crippen LogP contribution >= 0.6 is 11.3 Å². The van der Waals surface area contributed by atoms with Gasteiger partial charge >= 0.3 is 0 Å². The molecule has 0 radical (unpaired) electrons. The summed E-state index contributed by atoms with van der Waals surface area (Å²) in [5.41, 5.74) is 3.29. The second-order valence-corrected chi connectivity index (χ2v) is 7.37. The Morgan fingerprint density at radius 1 is 1.32 bits per heavy atom. The number of nitrogens with zero attached hydrogens (tertiary/aromatic N) is 4. The maximum Gasteiger partial charge on any atom is 0.142 e. The number of thiophene rings is 1. The van der Waals surface area contributed by atoms with Gasteiger partial charge in [-0.15, -0.1) is 11.3 Å². The predicted octanol–water partition coefficient (Wildman–Crippen LogP) is 3.39. The van der Waals surface area contributed by atoms with E-state index in [-0.39, 0.29) is 5.92 Å². The predicted molar refractivity (Wildman–Crippen MR) is 97.5 cm³/mol. The van der Waals surface area contributed by atoms with E-state index in [1.165, 1.54) is 10.4 Å². The summed E-state index contributed by atoms with van der Waals surface area (Å²) < 4.78 is 1.83. The summed E-state index contributed by atoms with van der Waals surface area (Å²) in [7, 11) is 0. The highest BCUT2D eigenvalue weighted by Crippen LogP contribution is 2.40. The number of fused-ring (bicyclic) bond motifs is 4. The van der Waals surface area contributed by atoms with Gasteiger partial charge in [0, 0.05) is 28.9 Å². The highest BCUT2D eigenvalue weighted by molar-refractivity contribution is 7.19. The number of hydrogen-bond donors (Lipinski definition) is 1. The van der Waals surface area contributed by atoms with Crippen LogP contribution in [0.15, 0.2) is 36.9 Å². The van der Waals surface area contributed by atoms with Crippen molar-refractivity contribution >= 4 is 44.9 Å². The van der Waals surface area contributed by atoms with Crippen molar-refractivity contribution in [3.8, 4) is 0 Å². The first-order valence-corrected chi connectivity index (χ1v) is 9.04. The van der Waals surface area contributed by atoms with Crippen molar-refractivity contribution in [2.45, 2.75) is 19.3 Å². The summed E-state index contributed by atoms with van der Waals surface area (Å²) in [6.07, 6.45) is 9.01. The van der Waals surface area contributed by atoms with Gasteiger partial charge in [-0.2, -0.15) is 5.10 Å². The second kappa shape index (κ2) is 5.63. The van der Waals surface area contributed by atoms with Crippen LogP contribution in [0.5, 0.6) is 0 Å². The lowest BCUT2D eigenvalue weighted by Crippen LogP contribution is -2.13. The molecule has 0 bridgehead atoms. The van der Waals surface area contributed by atoms with Crippen LogP contribution in [-0.2, 0) is 17.6 Å². The van der Waals surface area contributed by atoms with Crippen molar-refractivity contribution in [1.82, 2.24) is 19.6 Å². The van der Waals surface area contributed by atoms with E-state index in [0.717, 1.165) is 52.8 Å². The Labute approximate surface area is 147 Å². The fourth-order valence-electron chi connectivity index (χ4n) is 3.48. The summed E-state index contributed by atoms with van der Waals surface area (Å²) in [4.78, 5) is 22.3. The molecule has 1 aliphatic carbocycles. The molecule has 4 aromatic heterocycles. The van der Waals surface area contributed by atoms with Crippen LogP contribution in [0.1, 0.15) is 16.9 Å². The SMILES string of the molecule is O=C[C@H]1CCc2c(sc3ncnc(Nc4ccn5nccc5c4)c23)C1. The number of aromatic nitrogens is 4. The minimum absolute atomic E-state index is 0.134. The molecule has 0 aromatic carbocycles. The van der Waals surface area contributed by atoms with Gasteiger partial charge in [-0.05, 0) is 43.0 Å². The van der Waals surface area contributed by atoms with Gasteiger partial charge in [0.2, 0.25) is 0 Å². The number of anilines is 2. The normalized spacial score (nSPS) is 16.9. The monoisotopic (exact) mass is 349 g/mol. The molecule has 1 aliphatic rings. The first-order chi connectivity index (χ1) is 12.3. The fraction of sp³-hybridized carbons (Fsp3) is 0.222. The number of rotatable bonds is 3. The molecule has 0 fully saturated rings. The highest BCUT2D eigenvalue weighted by atomic mass is 32.1. The van der Waals surface area contributed by atoms with Gasteiger partial charge in [-0.3, -0.25) is 0 Å². The van der Waals surface area contributed by atoms with E-state index in [9.17, 15) is 4.79 Å². The molecule has 0 amide bonds. The van der Waals surface area contributed by atoms with E-state index >= 15 is 0 Å². The second-order valence-electron chi connectivity index (χ2n) is 6.29. The first-order valence-electron chi connectivity index (χ1n) is 8.23. The van der Waals surface area contributed by atoms with Gasteiger partial charge in [0.15, 0.2) is 0 Å². The Morgan fingerprint density at radius 2 is 2.28 bits per heavy atom. The van der Waals surface area contributed by atoms with Crippen LogP contribution < -0.4 is 5.32 Å². The zero-order valence-electron chi connectivity index (χ0n) is 13.3. The van der Waals surface area contributed by atoms with Gasteiger partial charge in [0.05, 0.1) is 10.9 Å². The maximum atomic E-state index is 11.1. The van der Waals surface area contributed by atoms with Crippen molar-refractivity contribution in [1.29, 1.82) is 0 Å². The van der Waals surface area contributed by atoms with Crippen molar-refractivity contribution < 1.29 is 4.79 Å². The van der Waals surface area contributed by atoms with E-state index in [1.54, 1.807) is 23.9 Å². The lowest BCUT2D eigenvalue weighted by Gasteiger charge is -2.17. The quantitative estimate of drug-likeness (QED) is 0.574. The molecule has 0 aliphatic heterocycles. The van der Waals surface area contributed by atoms with E-state index in [2.05, 4.69) is 20.4 Å². The van der Waals surface area contributed by atoms with E-state index < -0.39 is 0 Å². The molecule has 25 heavy (non-hydrogen) atoms. The lowest BCUT2D eigenvalue weighted by molar-refractivity contribution is -0.111. The third-order valence-corrected chi connectivity index (χ3v) is 5.90. The minimum atomic E-state index is 0.134. The summed E-state index contributed by atoms with van der Waals surface area (Å²) in [6.45, 7) is 0. The molecule has 124 valence electrons. The van der Waals surface area contributed by atoms with Crippen LogP contribution in [0, 0.1) is 5.92 Å². The molecule has 6 nitrogen and oxygen atoms in total. The van der Waals surface area contributed by atoms with Crippen molar-refractivity contribution in [2.75, 3.05) is 5.32 Å². The number of aryl methyl sites for hydroxylation is 1. The van der Waals surface area contributed by atoms with Crippen molar-refractivity contribution in [2.24, 2.45) is 5.92 Å². The third kappa shape index (κ3) is 2.39. The largest absolute Gasteiger partial charge is 0.339 e. The third-order valence-electron chi connectivity index (χ3n) is 4.74. The molecule has 0 spiro atoms. The van der Waals surface area contributed by atoms with Gasteiger partial charge < -0.3 is 10.1 Å². The zero-order chi connectivity index (χ0) is 16.8. The van der Waals surface area contributed by atoms with Crippen LogP contribution in [0.2, 0.25) is 0 Å². The number of hydrogen-bond acceptors (Lipinski definition) is 6. The standard InChI is InChI=1S/C18H15N5OS/c24-9-11-1-2-14-15(7-11)25-18-16(14)17(19-10-20-18)22-12-4-6-23-13(8-12)3-5-21-23/h3-6,8-11H,1-2,7H2,(H,19,20,22)/t11-/m0/s1. The maximum absolute atomic E-state index is 11.1. The van der Waals surface area contributed by atoms with Crippen molar-refractivity contribution in [3.05, 3.63) is 47.4 Å². The number of carbonyl (C=O) groups is 1. The highest BCUT2D eigenvalue weighted by Gasteiger charge is 2.24. The molecule has 4 aromatic rings. The molecule has 1 N–H and O–H groups in total. The van der Waals surface area contributed by atoms with E-state index in [0.29, 0.717) is 0 Å². The molecule has 4 heterocycles. The Balaban J connectivity index is 1.59. The summed E-state index contributed by atoms with van der Waals surface area (Å²) in [5.74, 6) is 0.963. The topological polar surface area (TPSA) is 72.2 Å². The Hall–Kier alpha value is -2.80. The number of carbonyl (C=O) groups excluding carboxylic acids is 1. The van der Waals surface area contributed by atoms with Gasteiger partial charge in [0.1, 0.15) is 23.3 Å². The average molecular weight is 349 g/mol. The number of aldehydes is 1. The summed E-state index contributed by atoms with van der Waals surface area (Å²) in [5, 5.41) is 8.75. The smallest absolute Gasteiger partial charge is 0.142 e. The lowest BCUT2D eigenvalue weighted by atomic mass is 9.89. The van der Waals surface area contributed by atoms with Crippen LogP contribution in [0.25, 0.3) is 15.7 Å². The minimum Gasteiger partial charge on any atom is -0.339 e. The van der Waals surface area contributed by atoms with Gasteiger partial charge in [-0.25, -0.2) is 14.5 Å². The first kappa shape index (κ1) is 14.5. The zero-order valence-corrected chi connectivity index (χ0v) is 14.2. The van der Waals surface area contributed by atoms with E-state index in [1.807, 2.05) is 28.9 Å². The van der Waals surface area contributed by atoms with Gasteiger partial charge in [0.25, 0.3) is 0 Å². The Morgan fingerprint density at radius 3 is 3.20 bits per heavy atom. The van der Waals surface area contributed by atoms with Crippen LogP contribution in [0.4, 0.5) is 11.5 Å².